The fourth-order valence-electron chi connectivity index (χ4n) is 2.32. The van der Waals surface area contributed by atoms with Crippen LogP contribution in [0.3, 0.4) is 0 Å². The van der Waals surface area contributed by atoms with Crippen LogP contribution >= 0.6 is 0 Å². The third kappa shape index (κ3) is 4.26. The zero-order valence-electron chi connectivity index (χ0n) is 13.7. The van der Waals surface area contributed by atoms with Gasteiger partial charge in [-0.3, -0.25) is 4.79 Å². The standard InChI is InChI=1S/C18H18FN3O3/c1-2-16(25-14-7-5-13(19)6-8-14)18(23)21-17-9-10-20-22(17)12-15-4-3-11-24-15/h3-11,16H,2,12H2,1H3,(H,21,23). The number of ether oxygens (including phenoxy) is 1. The summed E-state index contributed by atoms with van der Waals surface area (Å²) in [6.45, 7) is 2.25. The molecule has 2 heterocycles. The summed E-state index contributed by atoms with van der Waals surface area (Å²) in [6.07, 6.45) is 2.95. The first-order valence-electron chi connectivity index (χ1n) is 7.93. The van der Waals surface area contributed by atoms with E-state index in [0.29, 0.717) is 24.5 Å². The highest BCUT2D eigenvalue weighted by atomic mass is 19.1. The molecule has 1 unspecified atom stereocenters. The molecule has 0 fully saturated rings. The first kappa shape index (κ1) is 16.8. The van der Waals surface area contributed by atoms with Crippen molar-refractivity contribution in [3.8, 4) is 5.75 Å². The van der Waals surface area contributed by atoms with Crippen LogP contribution in [-0.2, 0) is 11.3 Å². The Morgan fingerprint density at radius 3 is 2.80 bits per heavy atom. The minimum atomic E-state index is -0.697. The van der Waals surface area contributed by atoms with Gasteiger partial charge >= 0.3 is 0 Å². The van der Waals surface area contributed by atoms with Crippen LogP contribution in [0.15, 0.2) is 59.3 Å². The maximum Gasteiger partial charge on any atom is 0.266 e. The summed E-state index contributed by atoms with van der Waals surface area (Å²) < 4.78 is 25.5. The van der Waals surface area contributed by atoms with Crippen molar-refractivity contribution in [2.45, 2.75) is 26.0 Å². The van der Waals surface area contributed by atoms with Gasteiger partial charge in [0.15, 0.2) is 6.10 Å². The van der Waals surface area contributed by atoms with Crippen LogP contribution in [0, 0.1) is 5.82 Å². The number of anilines is 1. The molecule has 3 aromatic rings. The largest absolute Gasteiger partial charge is 0.481 e. The number of carbonyl (C=O) groups excluding carboxylic acids is 1. The van der Waals surface area contributed by atoms with Crippen molar-refractivity contribution in [1.82, 2.24) is 9.78 Å². The molecule has 130 valence electrons. The molecule has 1 amide bonds. The number of furan rings is 1. The van der Waals surface area contributed by atoms with E-state index >= 15 is 0 Å². The Morgan fingerprint density at radius 2 is 2.12 bits per heavy atom. The van der Waals surface area contributed by atoms with Gasteiger partial charge in [0.05, 0.1) is 12.5 Å². The predicted octanol–water partition coefficient (Wildman–Crippen LogP) is 3.46. The van der Waals surface area contributed by atoms with Gasteiger partial charge in [-0.25, -0.2) is 9.07 Å². The zero-order chi connectivity index (χ0) is 17.6. The maximum atomic E-state index is 13.0. The van der Waals surface area contributed by atoms with E-state index in [1.807, 2.05) is 13.0 Å². The van der Waals surface area contributed by atoms with Crippen LogP contribution in [0.2, 0.25) is 0 Å². The molecule has 1 N–H and O–H groups in total. The average Bonchev–Trinajstić information content (AvgIpc) is 3.27. The van der Waals surface area contributed by atoms with E-state index in [-0.39, 0.29) is 11.7 Å². The molecule has 1 atom stereocenters. The van der Waals surface area contributed by atoms with Crippen LogP contribution in [0.1, 0.15) is 19.1 Å². The molecular weight excluding hydrogens is 325 g/mol. The van der Waals surface area contributed by atoms with E-state index in [1.54, 1.807) is 29.3 Å². The molecule has 3 rings (SSSR count). The van der Waals surface area contributed by atoms with Crippen LogP contribution < -0.4 is 10.1 Å². The van der Waals surface area contributed by atoms with E-state index in [2.05, 4.69) is 10.4 Å². The molecule has 0 aliphatic rings. The molecule has 25 heavy (non-hydrogen) atoms. The number of aromatic nitrogens is 2. The predicted molar refractivity (Wildman–Crippen MR) is 89.8 cm³/mol. The molecule has 6 nitrogen and oxygen atoms in total. The van der Waals surface area contributed by atoms with Gasteiger partial charge in [0.25, 0.3) is 5.91 Å². The Hall–Kier alpha value is -3.09. The number of rotatable bonds is 7. The van der Waals surface area contributed by atoms with Gasteiger partial charge in [-0.05, 0) is 42.8 Å². The summed E-state index contributed by atoms with van der Waals surface area (Å²) >= 11 is 0. The number of hydrogen-bond donors (Lipinski definition) is 1. The van der Waals surface area contributed by atoms with Crippen molar-refractivity contribution in [3.05, 3.63) is 66.5 Å². The monoisotopic (exact) mass is 343 g/mol. The highest BCUT2D eigenvalue weighted by Gasteiger charge is 2.20. The van der Waals surface area contributed by atoms with E-state index in [4.69, 9.17) is 9.15 Å². The molecule has 0 aliphatic heterocycles. The first-order valence-corrected chi connectivity index (χ1v) is 7.93. The van der Waals surface area contributed by atoms with Gasteiger partial charge in [-0.15, -0.1) is 0 Å². The third-order valence-corrected chi connectivity index (χ3v) is 3.61. The lowest BCUT2D eigenvalue weighted by molar-refractivity contribution is -0.122. The summed E-state index contributed by atoms with van der Waals surface area (Å²) in [6, 6.07) is 10.9. The number of hydrogen-bond acceptors (Lipinski definition) is 4. The number of carbonyl (C=O) groups is 1. The van der Waals surface area contributed by atoms with Crippen molar-refractivity contribution < 1.29 is 18.3 Å². The highest BCUT2D eigenvalue weighted by molar-refractivity contribution is 5.93. The summed E-state index contributed by atoms with van der Waals surface area (Å²) in [7, 11) is 0. The molecule has 2 aromatic heterocycles. The smallest absolute Gasteiger partial charge is 0.266 e. The van der Waals surface area contributed by atoms with Gasteiger partial charge in [0.2, 0.25) is 0 Å². The van der Waals surface area contributed by atoms with E-state index < -0.39 is 6.10 Å². The Kier molecular flexibility index (Phi) is 5.13. The second kappa shape index (κ2) is 7.65. The molecule has 0 aliphatic carbocycles. The number of nitrogens with one attached hydrogen (secondary N) is 1. The van der Waals surface area contributed by atoms with Crippen molar-refractivity contribution in [2.75, 3.05) is 5.32 Å². The number of nitrogens with zero attached hydrogens (tertiary/aromatic N) is 2. The minimum Gasteiger partial charge on any atom is -0.481 e. The molecule has 0 radical (unpaired) electrons. The molecule has 0 spiro atoms. The van der Waals surface area contributed by atoms with Crippen LogP contribution in [0.25, 0.3) is 0 Å². The average molecular weight is 343 g/mol. The Balaban J connectivity index is 1.66. The number of amides is 1. The summed E-state index contributed by atoms with van der Waals surface area (Å²) in [5.41, 5.74) is 0. The van der Waals surface area contributed by atoms with E-state index in [0.717, 1.165) is 5.76 Å². The lowest BCUT2D eigenvalue weighted by atomic mass is 10.2. The van der Waals surface area contributed by atoms with Crippen molar-refractivity contribution >= 4 is 11.7 Å². The molecular formula is C18H18FN3O3. The molecule has 0 bridgehead atoms. The lowest BCUT2D eigenvalue weighted by Crippen LogP contribution is -2.33. The second-order valence-corrected chi connectivity index (χ2v) is 5.41. The second-order valence-electron chi connectivity index (χ2n) is 5.41. The number of halogens is 1. The van der Waals surface area contributed by atoms with Crippen LogP contribution in [0.5, 0.6) is 5.75 Å². The SMILES string of the molecule is CCC(Oc1ccc(F)cc1)C(=O)Nc1ccnn1Cc1ccco1. The van der Waals surface area contributed by atoms with Gasteiger partial charge in [0.1, 0.15) is 29.7 Å². The van der Waals surface area contributed by atoms with Gasteiger partial charge in [-0.2, -0.15) is 5.10 Å². The van der Waals surface area contributed by atoms with Crippen molar-refractivity contribution in [3.63, 3.8) is 0 Å². The van der Waals surface area contributed by atoms with Gasteiger partial charge in [-0.1, -0.05) is 6.92 Å². The quantitative estimate of drug-likeness (QED) is 0.713. The molecule has 7 heteroatoms. The zero-order valence-corrected chi connectivity index (χ0v) is 13.7. The van der Waals surface area contributed by atoms with E-state index in [9.17, 15) is 9.18 Å². The summed E-state index contributed by atoms with van der Waals surface area (Å²) in [5, 5.41) is 6.99. The summed E-state index contributed by atoms with van der Waals surface area (Å²) in [5.74, 6) is 1.06. The Bertz CT molecular complexity index is 812. The first-order chi connectivity index (χ1) is 12.2. The maximum absolute atomic E-state index is 13.0. The van der Waals surface area contributed by atoms with Gasteiger partial charge in [0, 0.05) is 6.07 Å². The van der Waals surface area contributed by atoms with Gasteiger partial charge < -0.3 is 14.5 Å². The fraction of sp³-hybridized carbons (Fsp3) is 0.222. The van der Waals surface area contributed by atoms with Crippen molar-refractivity contribution in [1.29, 1.82) is 0 Å². The summed E-state index contributed by atoms with van der Waals surface area (Å²) in [4.78, 5) is 12.5. The Labute approximate surface area is 144 Å². The molecule has 0 saturated heterocycles. The minimum absolute atomic E-state index is 0.298. The van der Waals surface area contributed by atoms with E-state index in [1.165, 1.54) is 24.3 Å². The number of benzene rings is 1. The fourth-order valence-corrected chi connectivity index (χ4v) is 2.32. The third-order valence-electron chi connectivity index (χ3n) is 3.61. The lowest BCUT2D eigenvalue weighted by Gasteiger charge is -2.17. The molecule has 1 aromatic carbocycles. The molecule has 0 saturated carbocycles. The Morgan fingerprint density at radius 1 is 1.32 bits per heavy atom. The van der Waals surface area contributed by atoms with Crippen LogP contribution in [0.4, 0.5) is 10.2 Å². The van der Waals surface area contributed by atoms with Crippen molar-refractivity contribution in [2.24, 2.45) is 0 Å². The highest BCUT2D eigenvalue weighted by Crippen LogP contribution is 2.16. The normalized spacial score (nSPS) is 11.9. The topological polar surface area (TPSA) is 69.3 Å². The van der Waals surface area contributed by atoms with Crippen LogP contribution in [-0.4, -0.2) is 21.8 Å².